The highest BCUT2D eigenvalue weighted by molar-refractivity contribution is 5.94. The molecule has 0 radical (unpaired) electrons. The van der Waals surface area contributed by atoms with Gasteiger partial charge in [-0.2, -0.15) is 5.10 Å². The maximum atomic E-state index is 12.7. The van der Waals surface area contributed by atoms with Crippen molar-refractivity contribution in [2.75, 3.05) is 25.0 Å². The van der Waals surface area contributed by atoms with Crippen molar-refractivity contribution in [2.24, 2.45) is 0 Å². The van der Waals surface area contributed by atoms with E-state index in [1.807, 2.05) is 42.5 Å². The molecule has 10 heteroatoms. The van der Waals surface area contributed by atoms with Crippen LogP contribution in [-0.2, 0) is 11.3 Å². The summed E-state index contributed by atoms with van der Waals surface area (Å²) in [5.41, 5.74) is 3.16. The van der Waals surface area contributed by atoms with Crippen molar-refractivity contribution in [3.8, 4) is 0 Å². The number of carbonyl (C=O) groups is 2. The number of rotatable bonds is 8. The predicted octanol–water partition coefficient (Wildman–Crippen LogP) is 3.29. The van der Waals surface area contributed by atoms with Crippen molar-refractivity contribution in [2.45, 2.75) is 39.3 Å². The van der Waals surface area contributed by atoms with E-state index in [4.69, 9.17) is 0 Å². The molecule has 1 aromatic heterocycles. The van der Waals surface area contributed by atoms with Crippen molar-refractivity contribution in [3.63, 3.8) is 0 Å². The van der Waals surface area contributed by atoms with Crippen LogP contribution in [0.25, 0.3) is 0 Å². The number of aromatic nitrogens is 2. The molecule has 0 aliphatic carbocycles. The molecule has 0 spiro atoms. The fraction of sp³-hybridized carbons (Fsp3) is 0.346. The van der Waals surface area contributed by atoms with Crippen LogP contribution in [0.15, 0.2) is 54.6 Å². The molecule has 1 aliphatic heterocycles. The number of anilines is 1. The van der Waals surface area contributed by atoms with E-state index >= 15 is 0 Å². The average molecular weight is 491 g/mol. The van der Waals surface area contributed by atoms with Crippen LogP contribution in [0.5, 0.6) is 0 Å². The van der Waals surface area contributed by atoms with Crippen LogP contribution in [-0.4, -0.2) is 57.1 Å². The lowest BCUT2D eigenvalue weighted by Gasteiger charge is -2.31. The van der Waals surface area contributed by atoms with Crippen LogP contribution < -0.4 is 10.6 Å². The van der Waals surface area contributed by atoms with Gasteiger partial charge in [-0.3, -0.25) is 29.3 Å². The number of hydrogen-bond donors (Lipinski definition) is 2. The molecule has 2 N–H and O–H groups in total. The summed E-state index contributed by atoms with van der Waals surface area (Å²) < 4.78 is 1.61. The lowest BCUT2D eigenvalue weighted by molar-refractivity contribution is -0.386. The quantitative estimate of drug-likeness (QED) is 0.369. The number of nitrogens with zero attached hydrogens (tertiary/aromatic N) is 4. The third-order valence-electron chi connectivity index (χ3n) is 6.42. The number of piperidine rings is 1. The summed E-state index contributed by atoms with van der Waals surface area (Å²) in [5.74, 6) is -0.178. The zero-order valence-electron chi connectivity index (χ0n) is 20.4. The zero-order chi connectivity index (χ0) is 25.7. The lowest BCUT2D eigenvalue weighted by Crippen LogP contribution is -2.46. The number of aryl methyl sites for hydroxylation is 1. The molecule has 1 aliphatic rings. The summed E-state index contributed by atoms with van der Waals surface area (Å²) >= 11 is 0. The van der Waals surface area contributed by atoms with E-state index in [2.05, 4.69) is 20.6 Å². The van der Waals surface area contributed by atoms with E-state index in [0.29, 0.717) is 30.0 Å². The highest BCUT2D eigenvalue weighted by Gasteiger charge is 2.23. The first kappa shape index (κ1) is 25.1. The van der Waals surface area contributed by atoms with Crippen molar-refractivity contribution in [1.82, 2.24) is 20.0 Å². The van der Waals surface area contributed by atoms with E-state index in [1.165, 1.54) is 0 Å². The lowest BCUT2D eigenvalue weighted by atomic mass is 10.0. The van der Waals surface area contributed by atoms with Crippen LogP contribution >= 0.6 is 0 Å². The first-order valence-corrected chi connectivity index (χ1v) is 12.0. The van der Waals surface area contributed by atoms with Gasteiger partial charge in [0.25, 0.3) is 5.91 Å². The first-order chi connectivity index (χ1) is 17.3. The third kappa shape index (κ3) is 6.14. The molecule has 188 valence electrons. The SMILES string of the molecule is Cc1nn(Cc2ccc(C(=O)NC3CCN(CC(=O)Nc4ccccc4)CC3)cc2)c(C)c1[N+](=O)[O-]. The molecule has 0 atom stereocenters. The Morgan fingerprint density at radius 2 is 1.72 bits per heavy atom. The number of nitrogens with one attached hydrogen (secondary N) is 2. The fourth-order valence-electron chi connectivity index (χ4n) is 4.47. The van der Waals surface area contributed by atoms with Crippen LogP contribution in [0.1, 0.15) is 40.2 Å². The number of benzene rings is 2. The van der Waals surface area contributed by atoms with E-state index in [9.17, 15) is 19.7 Å². The molecule has 0 unspecified atom stereocenters. The van der Waals surface area contributed by atoms with E-state index in [0.717, 1.165) is 37.2 Å². The van der Waals surface area contributed by atoms with E-state index in [1.54, 1.807) is 30.7 Å². The molecular weight excluding hydrogens is 460 g/mol. The number of hydrogen-bond acceptors (Lipinski definition) is 6. The Labute approximate surface area is 209 Å². The maximum absolute atomic E-state index is 12.7. The average Bonchev–Trinajstić information content (AvgIpc) is 3.14. The van der Waals surface area contributed by atoms with Gasteiger partial charge in [-0.05, 0) is 56.5 Å². The van der Waals surface area contributed by atoms with Crippen molar-refractivity contribution in [1.29, 1.82) is 0 Å². The number of amides is 2. The molecular formula is C26H30N6O4. The predicted molar refractivity (Wildman–Crippen MR) is 136 cm³/mol. The minimum Gasteiger partial charge on any atom is -0.349 e. The minimum atomic E-state index is -0.411. The number of nitro groups is 1. The minimum absolute atomic E-state index is 0.0360. The molecule has 0 bridgehead atoms. The third-order valence-corrected chi connectivity index (χ3v) is 6.42. The molecule has 2 heterocycles. The Hall–Kier alpha value is -4.05. The molecule has 2 aromatic carbocycles. The molecule has 36 heavy (non-hydrogen) atoms. The second-order valence-corrected chi connectivity index (χ2v) is 9.07. The molecule has 4 rings (SSSR count). The zero-order valence-corrected chi connectivity index (χ0v) is 20.4. The van der Waals surface area contributed by atoms with Gasteiger partial charge in [0.15, 0.2) is 0 Å². The molecule has 10 nitrogen and oxygen atoms in total. The van der Waals surface area contributed by atoms with Gasteiger partial charge < -0.3 is 10.6 Å². The van der Waals surface area contributed by atoms with Gasteiger partial charge in [-0.25, -0.2) is 0 Å². The summed E-state index contributed by atoms with van der Waals surface area (Å²) in [5, 5.41) is 21.5. The van der Waals surface area contributed by atoms with E-state index in [-0.39, 0.29) is 23.5 Å². The number of para-hydroxylation sites is 1. The fourth-order valence-corrected chi connectivity index (χ4v) is 4.47. The monoisotopic (exact) mass is 490 g/mol. The molecule has 1 fully saturated rings. The van der Waals surface area contributed by atoms with Gasteiger partial charge >= 0.3 is 5.69 Å². The molecule has 0 saturated carbocycles. The van der Waals surface area contributed by atoms with Gasteiger partial charge in [0.1, 0.15) is 11.4 Å². The maximum Gasteiger partial charge on any atom is 0.312 e. The second-order valence-electron chi connectivity index (χ2n) is 9.07. The van der Waals surface area contributed by atoms with Crippen LogP contribution in [0.4, 0.5) is 11.4 Å². The number of carbonyl (C=O) groups excluding carboxylic acids is 2. The van der Waals surface area contributed by atoms with Crippen LogP contribution in [0.2, 0.25) is 0 Å². The molecule has 1 saturated heterocycles. The van der Waals surface area contributed by atoms with Gasteiger partial charge in [0.05, 0.1) is 18.0 Å². The Morgan fingerprint density at radius 3 is 2.33 bits per heavy atom. The van der Waals surface area contributed by atoms with Crippen LogP contribution in [0.3, 0.4) is 0 Å². The van der Waals surface area contributed by atoms with Gasteiger partial charge in [-0.15, -0.1) is 0 Å². The summed E-state index contributed by atoms with van der Waals surface area (Å²) in [6.45, 7) is 5.50. The summed E-state index contributed by atoms with van der Waals surface area (Å²) in [6.07, 6.45) is 1.55. The topological polar surface area (TPSA) is 122 Å². The second kappa shape index (κ2) is 11.1. The highest BCUT2D eigenvalue weighted by Crippen LogP contribution is 2.22. The summed E-state index contributed by atoms with van der Waals surface area (Å²) in [6, 6.07) is 16.6. The Kier molecular flexibility index (Phi) is 7.74. The molecule has 2 amide bonds. The Morgan fingerprint density at radius 1 is 1.06 bits per heavy atom. The van der Waals surface area contributed by atoms with Gasteiger partial charge in [0, 0.05) is 30.4 Å². The normalized spacial score (nSPS) is 14.4. The summed E-state index contributed by atoms with van der Waals surface area (Å²) in [7, 11) is 0. The largest absolute Gasteiger partial charge is 0.349 e. The first-order valence-electron chi connectivity index (χ1n) is 12.0. The van der Waals surface area contributed by atoms with Gasteiger partial charge in [0.2, 0.25) is 5.91 Å². The Bertz CT molecular complexity index is 1230. The van der Waals surface area contributed by atoms with Crippen LogP contribution in [0, 0.1) is 24.0 Å². The molecule has 3 aromatic rings. The highest BCUT2D eigenvalue weighted by atomic mass is 16.6. The number of likely N-dealkylation sites (tertiary alicyclic amines) is 1. The van der Waals surface area contributed by atoms with Gasteiger partial charge in [-0.1, -0.05) is 30.3 Å². The van der Waals surface area contributed by atoms with Crippen molar-refractivity contribution in [3.05, 3.63) is 87.2 Å². The van der Waals surface area contributed by atoms with Crippen molar-refractivity contribution >= 4 is 23.2 Å². The van der Waals surface area contributed by atoms with Crippen molar-refractivity contribution < 1.29 is 14.5 Å². The summed E-state index contributed by atoms with van der Waals surface area (Å²) in [4.78, 5) is 37.9. The smallest absolute Gasteiger partial charge is 0.312 e. The standard InChI is InChI=1S/C26H30N6O4/c1-18-25(32(35)36)19(2)31(29-18)16-20-8-10-21(11-9-20)26(34)28-23-12-14-30(15-13-23)17-24(33)27-22-6-4-3-5-7-22/h3-11,23H,12-17H2,1-2H3,(H,27,33)(H,28,34). The van der Waals surface area contributed by atoms with E-state index < -0.39 is 4.92 Å². The Balaban J connectivity index is 1.24.